The van der Waals surface area contributed by atoms with Gasteiger partial charge in [0.15, 0.2) is 0 Å². The van der Waals surface area contributed by atoms with Crippen LogP contribution in [0.15, 0.2) is 14.3 Å². The molecule has 1 aromatic rings. The van der Waals surface area contributed by atoms with E-state index in [1.54, 1.807) is 11.3 Å². The molecule has 0 amide bonds. The van der Waals surface area contributed by atoms with Gasteiger partial charge >= 0.3 is 0 Å². The van der Waals surface area contributed by atoms with Crippen LogP contribution in [0.1, 0.15) is 49.3 Å². The molecular weight excluding hydrogens is 371 g/mol. The second-order valence-corrected chi connectivity index (χ2v) is 8.54. The highest BCUT2D eigenvalue weighted by Gasteiger charge is 2.36. The third-order valence-electron chi connectivity index (χ3n) is 3.52. The van der Waals surface area contributed by atoms with Gasteiger partial charge in [-0.3, -0.25) is 0 Å². The Labute approximate surface area is 123 Å². The summed E-state index contributed by atoms with van der Waals surface area (Å²) in [5.74, 6) is 0. The number of hydrogen-bond acceptors (Lipinski definition) is 1. The molecular formula is C12H15Br2ClS. The molecule has 0 saturated heterocycles. The molecule has 1 fully saturated rings. The number of rotatable bonds is 2. The summed E-state index contributed by atoms with van der Waals surface area (Å²) in [6, 6.07) is 2.16. The maximum atomic E-state index is 6.68. The van der Waals surface area contributed by atoms with Crippen molar-refractivity contribution in [2.24, 2.45) is 5.41 Å². The minimum atomic E-state index is 0.153. The summed E-state index contributed by atoms with van der Waals surface area (Å²) in [6.45, 7) is 2.34. The van der Waals surface area contributed by atoms with E-state index in [0.29, 0.717) is 0 Å². The third-order valence-corrected chi connectivity index (χ3v) is 7.73. The zero-order chi connectivity index (χ0) is 11.8. The van der Waals surface area contributed by atoms with Gasteiger partial charge < -0.3 is 0 Å². The van der Waals surface area contributed by atoms with E-state index in [0.717, 1.165) is 8.26 Å². The first-order valence-corrected chi connectivity index (χ1v) is 8.46. The minimum Gasteiger partial charge on any atom is -0.130 e. The molecule has 1 heterocycles. The summed E-state index contributed by atoms with van der Waals surface area (Å²) < 4.78 is 2.27. The van der Waals surface area contributed by atoms with Crippen molar-refractivity contribution in [3.05, 3.63) is 19.2 Å². The zero-order valence-corrected chi connectivity index (χ0v) is 14.0. The van der Waals surface area contributed by atoms with Crippen LogP contribution in [0.25, 0.3) is 0 Å². The topological polar surface area (TPSA) is 0 Å². The van der Waals surface area contributed by atoms with Crippen molar-refractivity contribution in [1.82, 2.24) is 0 Å². The molecule has 0 aromatic carbocycles. The van der Waals surface area contributed by atoms with Gasteiger partial charge in [0.05, 0.1) is 9.16 Å². The lowest BCUT2D eigenvalue weighted by molar-refractivity contribution is 0.208. The Balaban J connectivity index is 2.20. The molecule has 90 valence electrons. The number of halogens is 3. The third kappa shape index (κ3) is 2.68. The molecule has 1 atom stereocenters. The van der Waals surface area contributed by atoms with Gasteiger partial charge in [-0.05, 0) is 56.2 Å². The number of thiophene rings is 1. The van der Waals surface area contributed by atoms with E-state index >= 15 is 0 Å². The average Bonchev–Trinajstić information content (AvgIpc) is 2.59. The van der Waals surface area contributed by atoms with Crippen LogP contribution in [0.4, 0.5) is 0 Å². The van der Waals surface area contributed by atoms with E-state index < -0.39 is 0 Å². The Morgan fingerprint density at radius 2 is 1.94 bits per heavy atom. The molecule has 16 heavy (non-hydrogen) atoms. The molecule has 4 heteroatoms. The van der Waals surface area contributed by atoms with E-state index in [-0.39, 0.29) is 10.8 Å². The van der Waals surface area contributed by atoms with Gasteiger partial charge in [0.2, 0.25) is 0 Å². The second-order valence-electron chi connectivity index (χ2n) is 4.85. The lowest BCUT2D eigenvalue weighted by atomic mass is 9.73. The van der Waals surface area contributed by atoms with Crippen LogP contribution in [-0.4, -0.2) is 0 Å². The first kappa shape index (κ1) is 13.4. The van der Waals surface area contributed by atoms with E-state index in [9.17, 15) is 0 Å². The molecule has 0 bridgehead atoms. The van der Waals surface area contributed by atoms with E-state index in [1.807, 2.05) is 0 Å². The van der Waals surface area contributed by atoms with Gasteiger partial charge in [-0.15, -0.1) is 22.9 Å². The van der Waals surface area contributed by atoms with E-state index in [2.05, 4.69) is 44.8 Å². The van der Waals surface area contributed by atoms with Crippen molar-refractivity contribution in [1.29, 1.82) is 0 Å². The highest BCUT2D eigenvalue weighted by molar-refractivity contribution is 9.13. The number of hydrogen-bond donors (Lipinski definition) is 0. The first-order chi connectivity index (χ1) is 7.53. The van der Waals surface area contributed by atoms with Crippen molar-refractivity contribution in [2.75, 3.05) is 0 Å². The summed E-state index contributed by atoms with van der Waals surface area (Å²) in [5, 5.41) is 0.153. The largest absolute Gasteiger partial charge is 0.130 e. The van der Waals surface area contributed by atoms with Crippen molar-refractivity contribution in [3.63, 3.8) is 0 Å². The molecule has 1 aliphatic carbocycles. The van der Waals surface area contributed by atoms with Gasteiger partial charge in [-0.1, -0.05) is 26.2 Å². The van der Waals surface area contributed by atoms with Crippen LogP contribution in [0.5, 0.6) is 0 Å². The minimum absolute atomic E-state index is 0.153. The molecule has 1 saturated carbocycles. The lowest BCUT2D eigenvalue weighted by Gasteiger charge is -2.37. The van der Waals surface area contributed by atoms with Gasteiger partial charge in [0, 0.05) is 9.35 Å². The fourth-order valence-corrected chi connectivity index (χ4v) is 5.10. The summed E-state index contributed by atoms with van der Waals surface area (Å²) in [4.78, 5) is 1.28. The average molecular weight is 387 g/mol. The Kier molecular flexibility index (Phi) is 4.43. The molecule has 0 aliphatic heterocycles. The van der Waals surface area contributed by atoms with Crippen molar-refractivity contribution in [3.8, 4) is 0 Å². The summed E-state index contributed by atoms with van der Waals surface area (Å²) in [6.07, 6.45) is 6.54. The standard InChI is InChI=1S/C12H15Br2ClS/c1-12(5-3-2-4-6-12)10(15)9-7-8(13)11(14)16-9/h7,10H,2-6H2,1H3. The van der Waals surface area contributed by atoms with Crippen molar-refractivity contribution >= 4 is 54.8 Å². The summed E-state index contributed by atoms with van der Waals surface area (Å²) >= 11 is 15.5. The molecule has 1 aliphatic rings. The first-order valence-electron chi connectivity index (χ1n) is 5.62. The zero-order valence-electron chi connectivity index (χ0n) is 9.23. The van der Waals surface area contributed by atoms with Gasteiger partial charge in [0.1, 0.15) is 0 Å². The highest BCUT2D eigenvalue weighted by atomic mass is 79.9. The van der Waals surface area contributed by atoms with Crippen LogP contribution in [0.2, 0.25) is 0 Å². The van der Waals surface area contributed by atoms with Crippen LogP contribution >= 0.6 is 54.8 Å². The smallest absolute Gasteiger partial charge is 0.0843 e. The van der Waals surface area contributed by atoms with Gasteiger partial charge in [0.25, 0.3) is 0 Å². The van der Waals surface area contributed by atoms with Crippen molar-refractivity contribution < 1.29 is 0 Å². The fourth-order valence-electron chi connectivity index (χ4n) is 2.44. The SMILES string of the molecule is CC1(C(Cl)c2cc(Br)c(Br)s2)CCCCC1. The molecule has 2 rings (SSSR count). The fraction of sp³-hybridized carbons (Fsp3) is 0.667. The van der Waals surface area contributed by atoms with Crippen LogP contribution in [0.3, 0.4) is 0 Å². The maximum absolute atomic E-state index is 6.68. The Hall–Kier alpha value is 0.950. The highest BCUT2D eigenvalue weighted by Crippen LogP contribution is 2.52. The monoisotopic (exact) mass is 384 g/mol. The predicted molar refractivity (Wildman–Crippen MR) is 79.5 cm³/mol. The molecule has 0 radical (unpaired) electrons. The van der Waals surface area contributed by atoms with E-state index in [4.69, 9.17) is 11.6 Å². The van der Waals surface area contributed by atoms with Crippen LogP contribution in [-0.2, 0) is 0 Å². The molecule has 1 unspecified atom stereocenters. The number of alkyl halides is 1. The molecule has 0 N–H and O–H groups in total. The van der Waals surface area contributed by atoms with Crippen molar-refractivity contribution in [2.45, 2.75) is 44.4 Å². The lowest BCUT2D eigenvalue weighted by Crippen LogP contribution is -2.24. The molecule has 0 spiro atoms. The van der Waals surface area contributed by atoms with E-state index in [1.165, 1.54) is 37.0 Å². The normalized spacial score (nSPS) is 22.0. The maximum Gasteiger partial charge on any atom is 0.0843 e. The van der Waals surface area contributed by atoms with Gasteiger partial charge in [-0.25, -0.2) is 0 Å². The summed E-state index contributed by atoms with van der Waals surface area (Å²) in [5.41, 5.74) is 0.281. The van der Waals surface area contributed by atoms with Crippen LogP contribution < -0.4 is 0 Å². The van der Waals surface area contributed by atoms with Gasteiger partial charge in [-0.2, -0.15) is 0 Å². The Morgan fingerprint density at radius 1 is 1.31 bits per heavy atom. The Bertz CT molecular complexity index is 350. The Morgan fingerprint density at radius 3 is 2.44 bits per heavy atom. The summed E-state index contributed by atoms with van der Waals surface area (Å²) in [7, 11) is 0. The quantitative estimate of drug-likeness (QED) is 0.507. The second kappa shape index (κ2) is 5.29. The molecule has 0 nitrogen and oxygen atoms in total. The van der Waals surface area contributed by atoms with Crippen LogP contribution in [0, 0.1) is 5.41 Å². The molecule has 1 aromatic heterocycles. The predicted octanol–water partition coefficient (Wildman–Crippen LogP) is 6.52.